The lowest BCUT2D eigenvalue weighted by Gasteiger charge is -2.14. The SMILES string of the molecule is COc1ccc(C(N)c2nc(C)cs2)c(OC)c1. The Bertz CT molecular complexity index is 540. The minimum absolute atomic E-state index is 0.274. The molecule has 0 fully saturated rings. The highest BCUT2D eigenvalue weighted by Gasteiger charge is 2.17. The fraction of sp³-hybridized carbons (Fsp3) is 0.308. The maximum atomic E-state index is 6.22. The number of hydrogen-bond acceptors (Lipinski definition) is 5. The first-order valence-electron chi connectivity index (χ1n) is 5.55. The molecule has 5 heteroatoms. The summed E-state index contributed by atoms with van der Waals surface area (Å²) in [7, 11) is 3.25. The van der Waals surface area contributed by atoms with Crippen LogP contribution in [0.4, 0.5) is 0 Å². The second-order valence-electron chi connectivity index (χ2n) is 3.91. The van der Waals surface area contributed by atoms with Crippen LogP contribution < -0.4 is 15.2 Å². The zero-order chi connectivity index (χ0) is 13.1. The van der Waals surface area contributed by atoms with Crippen molar-refractivity contribution in [3.8, 4) is 11.5 Å². The number of aromatic nitrogens is 1. The lowest BCUT2D eigenvalue weighted by Crippen LogP contribution is -2.13. The molecule has 4 nitrogen and oxygen atoms in total. The molecule has 1 unspecified atom stereocenters. The minimum Gasteiger partial charge on any atom is -0.497 e. The van der Waals surface area contributed by atoms with Crippen molar-refractivity contribution in [3.63, 3.8) is 0 Å². The van der Waals surface area contributed by atoms with Gasteiger partial charge < -0.3 is 15.2 Å². The maximum Gasteiger partial charge on any atom is 0.127 e. The smallest absolute Gasteiger partial charge is 0.127 e. The summed E-state index contributed by atoms with van der Waals surface area (Å²) in [5.74, 6) is 1.47. The molecule has 1 aromatic heterocycles. The van der Waals surface area contributed by atoms with Crippen LogP contribution in [0.2, 0.25) is 0 Å². The second-order valence-corrected chi connectivity index (χ2v) is 4.80. The largest absolute Gasteiger partial charge is 0.497 e. The molecule has 1 heterocycles. The molecule has 1 aromatic carbocycles. The fourth-order valence-corrected chi connectivity index (χ4v) is 2.54. The van der Waals surface area contributed by atoms with Gasteiger partial charge in [0, 0.05) is 22.7 Å². The van der Waals surface area contributed by atoms with E-state index in [9.17, 15) is 0 Å². The minimum atomic E-state index is -0.274. The van der Waals surface area contributed by atoms with Gasteiger partial charge in [0.25, 0.3) is 0 Å². The Balaban J connectivity index is 2.38. The highest BCUT2D eigenvalue weighted by Crippen LogP contribution is 2.32. The van der Waals surface area contributed by atoms with E-state index in [1.165, 1.54) is 0 Å². The van der Waals surface area contributed by atoms with Crippen molar-refractivity contribution in [1.82, 2.24) is 4.98 Å². The summed E-state index contributed by atoms with van der Waals surface area (Å²) in [6.07, 6.45) is 0. The summed E-state index contributed by atoms with van der Waals surface area (Å²) < 4.78 is 10.5. The highest BCUT2D eigenvalue weighted by atomic mass is 32.1. The topological polar surface area (TPSA) is 57.4 Å². The number of thiazole rings is 1. The number of rotatable bonds is 4. The monoisotopic (exact) mass is 264 g/mol. The van der Waals surface area contributed by atoms with Crippen LogP contribution in [-0.4, -0.2) is 19.2 Å². The van der Waals surface area contributed by atoms with Crippen molar-refractivity contribution in [2.45, 2.75) is 13.0 Å². The predicted octanol–water partition coefficient (Wildman–Crippen LogP) is 2.52. The van der Waals surface area contributed by atoms with Gasteiger partial charge in [0.2, 0.25) is 0 Å². The molecular formula is C13H16N2O2S. The summed E-state index contributed by atoms with van der Waals surface area (Å²) in [5.41, 5.74) is 8.12. The van der Waals surface area contributed by atoms with E-state index >= 15 is 0 Å². The number of nitrogens with two attached hydrogens (primary N) is 1. The van der Waals surface area contributed by atoms with Crippen LogP contribution in [0, 0.1) is 6.92 Å². The molecule has 0 spiro atoms. The predicted molar refractivity (Wildman–Crippen MR) is 72.4 cm³/mol. The summed E-state index contributed by atoms with van der Waals surface area (Å²) in [5, 5.41) is 2.88. The number of ether oxygens (including phenoxy) is 2. The van der Waals surface area contributed by atoms with E-state index in [0.29, 0.717) is 0 Å². The fourth-order valence-electron chi connectivity index (χ4n) is 1.72. The third-order valence-electron chi connectivity index (χ3n) is 2.68. The molecule has 0 saturated heterocycles. The first kappa shape index (κ1) is 12.9. The molecule has 0 amide bonds. The van der Waals surface area contributed by atoms with Crippen molar-refractivity contribution >= 4 is 11.3 Å². The molecule has 0 radical (unpaired) electrons. The summed E-state index contributed by atoms with van der Waals surface area (Å²) >= 11 is 1.56. The van der Waals surface area contributed by atoms with E-state index < -0.39 is 0 Å². The standard InChI is InChI=1S/C13H16N2O2S/c1-8-7-18-13(15-8)12(14)10-5-4-9(16-2)6-11(10)17-3/h4-7,12H,14H2,1-3H3. The Morgan fingerprint density at radius 3 is 2.61 bits per heavy atom. The van der Waals surface area contributed by atoms with Crippen molar-refractivity contribution in [1.29, 1.82) is 0 Å². The molecule has 18 heavy (non-hydrogen) atoms. The number of aryl methyl sites for hydroxylation is 1. The van der Waals surface area contributed by atoms with Gasteiger partial charge in [0.1, 0.15) is 16.5 Å². The van der Waals surface area contributed by atoms with Gasteiger partial charge in [-0.3, -0.25) is 0 Å². The van der Waals surface area contributed by atoms with Crippen molar-refractivity contribution < 1.29 is 9.47 Å². The van der Waals surface area contributed by atoms with Crippen LogP contribution in [0.5, 0.6) is 11.5 Å². The molecule has 0 aliphatic heterocycles. The molecule has 96 valence electrons. The zero-order valence-electron chi connectivity index (χ0n) is 10.6. The molecular weight excluding hydrogens is 248 g/mol. The number of benzene rings is 1. The second kappa shape index (κ2) is 5.37. The van der Waals surface area contributed by atoms with E-state index in [1.54, 1.807) is 25.6 Å². The molecule has 2 N–H and O–H groups in total. The summed E-state index contributed by atoms with van der Waals surface area (Å²) in [6, 6.07) is 5.34. The van der Waals surface area contributed by atoms with Gasteiger partial charge >= 0.3 is 0 Å². The Hall–Kier alpha value is -1.59. The van der Waals surface area contributed by atoms with Crippen LogP contribution in [0.1, 0.15) is 22.3 Å². The van der Waals surface area contributed by atoms with Gasteiger partial charge in [-0.2, -0.15) is 0 Å². The lowest BCUT2D eigenvalue weighted by molar-refractivity contribution is 0.390. The zero-order valence-corrected chi connectivity index (χ0v) is 11.5. The van der Waals surface area contributed by atoms with E-state index in [1.807, 2.05) is 30.5 Å². The maximum absolute atomic E-state index is 6.22. The number of methoxy groups -OCH3 is 2. The Labute approximate surface area is 110 Å². The first-order valence-corrected chi connectivity index (χ1v) is 6.43. The van der Waals surface area contributed by atoms with E-state index in [0.717, 1.165) is 27.8 Å². The molecule has 0 aliphatic rings. The Morgan fingerprint density at radius 1 is 1.28 bits per heavy atom. The normalized spacial score (nSPS) is 12.2. The van der Waals surface area contributed by atoms with Gasteiger partial charge in [-0.05, 0) is 19.1 Å². The molecule has 0 bridgehead atoms. The van der Waals surface area contributed by atoms with Crippen LogP contribution in [0.25, 0.3) is 0 Å². The van der Waals surface area contributed by atoms with Gasteiger partial charge in [0.05, 0.1) is 20.3 Å². The van der Waals surface area contributed by atoms with Gasteiger partial charge in [-0.1, -0.05) is 0 Å². The molecule has 2 rings (SSSR count). The van der Waals surface area contributed by atoms with Crippen LogP contribution in [0.3, 0.4) is 0 Å². The van der Waals surface area contributed by atoms with E-state index in [2.05, 4.69) is 4.98 Å². The number of nitrogens with zero attached hydrogens (tertiary/aromatic N) is 1. The van der Waals surface area contributed by atoms with E-state index in [4.69, 9.17) is 15.2 Å². The summed E-state index contributed by atoms with van der Waals surface area (Å²) in [4.78, 5) is 4.41. The van der Waals surface area contributed by atoms with Crippen LogP contribution >= 0.6 is 11.3 Å². The molecule has 2 aromatic rings. The van der Waals surface area contributed by atoms with Crippen molar-refractivity contribution in [2.75, 3.05) is 14.2 Å². The quantitative estimate of drug-likeness (QED) is 0.922. The Morgan fingerprint density at radius 2 is 2.06 bits per heavy atom. The average molecular weight is 264 g/mol. The van der Waals surface area contributed by atoms with Gasteiger partial charge in [0.15, 0.2) is 0 Å². The van der Waals surface area contributed by atoms with E-state index in [-0.39, 0.29) is 6.04 Å². The first-order chi connectivity index (χ1) is 8.65. The van der Waals surface area contributed by atoms with Gasteiger partial charge in [-0.15, -0.1) is 11.3 Å². The van der Waals surface area contributed by atoms with Crippen LogP contribution in [-0.2, 0) is 0 Å². The highest BCUT2D eigenvalue weighted by molar-refractivity contribution is 7.09. The molecule has 1 atom stereocenters. The van der Waals surface area contributed by atoms with Crippen molar-refractivity contribution in [3.05, 3.63) is 39.8 Å². The Kier molecular flexibility index (Phi) is 3.84. The lowest BCUT2D eigenvalue weighted by atomic mass is 10.1. The summed E-state index contributed by atoms with van der Waals surface area (Å²) in [6.45, 7) is 1.96. The average Bonchev–Trinajstić information content (AvgIpc) is 2.83. The molecule has 0 saturated carbocycles. The third kappa shape index (κ3) is 2.47. The van der Waals surface area contributed by atoms with Gasteiger partial charge in [-0.25, -0.2) is 4.98 Å². The van der Waals surface area contributed by atoms with Crippen molar-refractivity contribution in [2.24, 2.45) is 5.73 Å². The third-order valence-corrected chi connectivity index (χ3v) is 3.72. The number of hydrogen-bond donors (Lipinski definition) is 1. The molecule has 0 aliphatic carbocycles. The van der Waals surface area contributed by atoms with Crippen LogP contribution in [0.15, 0.2) is 23.6 Å².